The molecule has 0 spiro atoms. The van der Waals surface area contributed by atoms with Crippen LogP contribution in [0.2, 0.25) is 0 Å². The van der Waals surface area contributed by atoms with Crippen molar-refractivity contribution >= 4 is 18.4 Å². The average molecular weight is 223 g/mol. The summed E-state index contributed by atoms with van der Waals surface area (Å²) < 4.78 is 0. The maximum Gasteiger partial charge on any atom is 0.166 e. The van der Waals surface area contributed by atoms with Crippen molar-refractivity contribution in [1.82, 2.24) is 4.98 Å². The summed E-state index contributed by atoms with van der Waals surface area (Å²) in [6.45, 7) is 0. The molecule has 0 saturated carbocycles. The van der Waals surface area contributed by atoms with Crippen molar-refractivity contribution in [2.45, 2.75) is 0 Å². The monoisotopic (exact) mass is 223 g/mol. The lowest BCUT2D eigenvalue weighted by molar-refractivity contribution is 0.111. The number of hydrogen-bond acceptors (Lipinski definition) is 1. The first-order chi connectivity index (χ1) is 8.38. The number of aromatic amines is 1. The summed E-state index contributed by atoms with van der Waals surface area (Å²) in [7, 11) is 0. The Balaban J connectivity index is 1.98. The van der Waals surface area contributed by atoms with Crippen LogP contribution in [0, 0.1) is 0 Å². The number of benzene rings is 1. The van der Waals surface area contributed by atoms with Crippen molar-refractivity contribution in [2.75, 3.05) is 0 Å². The van der Waals surface area contributed by atoms with E-state index in [4.69, 9.17) is 0 Å². The molecule has 1 aromatic carbocycles. The van der Waals surface area contributed by atoms with E-state index in [-0.39, 0.29) is 0 Å². The molecule has 1 aromatic heterocycles. The number of allylic oxidation sites excluding steroid dienone is 2. The minimum absolute atomic E-state index is 0.594. The van der Waals surface area contributed by atoms with E-state index in [1.165, 1.54) is 0 Å². The van der Waals surface area contributed by atoms with Gasteiger partial charge in [0.25, 0.3) is 0 Å². The molecule has 2 heteroatoms. The van der Waals surface area contributed by atoms with Gasteiger partial charge in [0.1, 0.15) is 0 Å². The molecule has 1 N–H and O–H groups in total. The number of rotatable bonds is 4. The van der Waals surface area contributed by atoms with Crippen LogP contribution < -0.4 is 0 Å². The van der Waals surface area contributed by atoms with Gasteiger partial charge in [-0.1, -0.05) is 48.6 Å². The van der Waals surface area contributed by atoms with Gasteiger partial charge in [0.15, 0.2) is 6.29 Å². The fourth-order valence-corrected chi connectivity index (χ4v) is 1.49. The molecule has 2 rings (SSSR count). The number of carbonyl (C=O) groups excluding carboxylic acids is 1. The predicted molar refractivity (Wildman–Crippen MR) is 70.7 cm³/mol. The molecule has 0 unspecified atom stereocenters. The minimum Gasteiger partial charge on any atom is -0.353 e. The lowest BCUT2D eigenvalue weighted by atomic mass is 10.2. The highest BCUT2D eigenvalue weighted by atomic mass is 16.1. The van der Waals surface area contributed by atoms with E-state index >= 15 is 0 Å². The van der Waals surface area contributed by atoms with Gasteiger partial charge in [0.2, 0.25) is 0 Å². The van der Waals surface area contributed by atoms with Crippen molar-refractivity contribution < 1.29 is 4.79 Å². The maximum atomic E-state index is 10.5. The summed E-state index contributed by atoms with van der Waals surface area (Å²) in [4.78, 5) is 13.4. The average Bonchev–Trinajstić information content (AvgIpc) is 2.84. The third-order valence-electron chi connectivity index (χ3n) is 2.33. The second-order valence-corrected chi connectivity index (χ2v) is 3.62. The zero-order chi connectivity index (χ0) is 11.9. The Morgan fingerprint density at radius 3 is 2.24 bits per heavy atom. The summed E-state index contributed by atoms with van der Waals surface area (Å²) in [6.07, 6.45) is 8.66. The molecule has 0 saturated heterocycles. The molecule has 0 radical (unpaired) electrons. The lowest BCUT2D eigenvalue weighted by Gasteiger charge is -1.88. The number of aldehydes is 1. The smallest absolute Gasteiger partial charge is 0.166 e. The van der Waals surface area contributed by atoms with Crippen molar-refractivity contribution in [3.8, 4) is 0 Å². The number of carbonyl (C=O) groups is 1. The van der Waals surface area contributed by atoms with E-state index in [0.29, 0.717) is 5.69 Å². The largest absolute Gasteiger partial charge is 0.353 e. The van der Waals surface area contributed by atoms with Gasteiger partial charge in [0.05, 0.1) is 5.69 Å². The molecule has 0 bridgehead atoms. The Bertz CT molecular complexity index is 535. The Kier molecular flexibility index (Phi) is 3.71. The summed E-state index contributed by atoms with van der Waals surface area (Å²) in [6, 6.07) is 13.7. The van der Waals surface area contributed by atoms with E-state index in [0.717, 1.165) is 17.5 Å². The SMILES string of the molecule is O=Cc1ccc(C=CC=Cc2ccccc2)[nH]1. The maximum absolute atomic E-state index is 10.5. The van der Waals surface area contributed by atoms with Crippen molar-refractivity contribution in [1.29, 1.82) is 0 Å². The summed E-state index contributed by atoms with van der Waals surface area (Å²) >= 11 is 0. The van der Waals surface area contributed by atoms with E-state index in [9.17, 15) is 4.79 Å². The third kappa shape index (κ3) is 3.31. The number of hydrogen-bond donors (Lipinski definition) is 1. The number of nitrogens with one attached hydrogen (secondary N) is 1. The number of aromatic nitrogens is 1. The molecule has 0 atom stereocenters. The van der Waals surface area contributed by atoms with E-state index in [1.807, 2.05) is 60.7 Å². The zero-order valence-electron chi connectivity index (χ0n) is 9.34. The fraction of sp³-hybridized carbons (Fsp3) is 0. The second kappa shape index (κ2) is 5.66. The molecule has 2 aromatic rings. The van der Waals surface area contributed by atoms with Gasteiger partial charge in [-0.3, -0.25) is 4.79 Å². The van der Waals surface area contributed by atoms with Gasteiger partial charge in [-0.15, -0.1) is 0 Å². The first kappa shape index (κ1) is 11.1. The second-order valence-electron chi connectivity index (χ2n) is 3.62. The molecule has 1 heterocycles. The molecule has 84 valence electrons. The van der Waals surface area contributed by atoms with Crippen molar-refractivity contribution in [2.24, 2.45) is 0 Å². The van der Waals surface area contributed by atoms with Crippen LogP contribution in [0.1, 0.15) is 21.7 Å². The Morgan fingerprint density at radius 2 is 1.53 bits per heavy atom. The van der Waals surface area contributed by atoms with Crippen LogP contribution in [0.4, 0.5) is 0 Å². The molecule has 0 aliphatic heterocycles. The fourth-order valence-electron chi connectivity index (χ4n) is 1.49. The minimum atomic E-state index is 0.594. The molecule has 0 fully saturated rings. The normalized spacial score (nSPS) is 11.3. The summed E-state index contributed by atoms with van der Waals surface area (Å²) in [5.74, 6) is 0. The predicted octanol–water partition coefficient (Wildman–Crippen LogP) is 3.55. The zero-order valence-corrected chi connectivity index (χ0v) is 9.34. The van der Waals surface area contributed by atoms with Gasteiger partial charge >= 0.3 is 0 Å². The van der Waals surface area contributed by atoms with Crippen LogP contribution in [0.3, 0.4) is 0 Å². The molecular formula is C15H13NO. The van der Waals surface area contributed by atoms with Crippen LogP contribution in [0.15, 0.2) is 54.6 Å². The summed E-state index contributed by atoms with van der Waals surface area (Å²) in [5, 5.41) is 0. The molecule has 0 amide bonds. The molecule has 0 aliphatic carbocycles. The Labute approximate surface area is 100 Å². The summed E-state index contributed by atoms with van der Waals surface area (Å²) in [5.41, 5.74) is 2.68. The van der Waals surface area contributed by atoms with Gasteiger partial charge in [-0.05, 0) is 23.8 Å². The Morgan fingerprint density at radius 1 is 0.824 bits per heavy atom. The van der Waals surface area contributed by atoms with Crippen LogP contribution in [-0.2, 0) is 0 Å². The van der Waals surface area contributed by atoms with Crippen LogP contribution in [0.5, 0.6) is 0 Å². The molecule has 0 aliphatic rings. The van der Waals surface area contributed by atoms with E-state index in [1.54, 1.807) is 6.07 Å². The van der Waals surface area contributed by atoms with Crippen molar-refractivity contribution in [3.63, 3.8) is 0 Å². The topological polar surface area (TPSA) is 32.9 Å². The van der Waals surface area contributed by atoms with Gasteiger partial charge in [-0.2, -0.15) is 0 Å². The van der Waals surface area contributed by atoms with E-state index < -0.39 is 0 Å². The van der Waals surface area contributed by atoms with Gasteiger partial charge < -0.3 is 4.98 Å². The van der Waals surface area contributed by atoms with Crippen molar-refractivity contribution in [3.05, 3.63) is 71.6 Å². The first-order valence-corrected chi connectivity index (χ1v) is 5.42. The molecule has 2 nitrogen and oxygen atoms in total. The standard InChI is InChI=1S/C15H13NO/c17-12-15-11-10-14(16-15)9-5-4-8-13-6-2-1-3-7-13/h1-12,16H. The van der Waals surface area contributed by atoms with E-state index in [2.05, 4.69) is 4.98 Å². The molecule has 17 heavy (non-hydrogen) atoms. The Hall–Kier alpha value is -2.35. The third-order valence-corrected chi connectivity index (χ3v) is 2.33. The highest BCUT2D eigenvalue weighted by Crippen LogP contribution is 2.04. The van der Waals surface area contributed by atoms with Crippen LogP contribution in [0.25, 0.3) is 12.2 Å². The van der Waals surface area contributed by atoms with Crippen LogP contribution in [-0.4, -0.2) is 11.3 Å². The highest BCUT2D eigenvalue weighted by Gasteiger charge is 1.91. The van der Waals surface area contributed by atoms with Gasteiger partial charge in [-0.25, -0.2) is 0 Å². The van der Waals surface area contributed by atoms with Gasteiger partial charge in [0, 0.05) is 5.69 Å². The lowest BCUT2D eigenvalue weighted by Crippen LogP contribution is -1.77. The van der Waals surface area contributed by atoms with Crippen LogP contribution >= 0.6 is 0 Å². The molecular weight excluding hydrogens is 210 g/mol. The quantitative estimate of drug-likeness (QED) is 0.624. The highest BCUT2D eigenvalue weighted by molar-refractivity contribution is 5.73. The first-order valence-electron chi connectivity index (χ1n) is 5.42. The number of H-pyrrole nitrogens is 1.